The predicted octanol–water partition coefficient (Wildman–Crippen LogP) is 0.693. The number of aromatic nitrogens is 2. The van der Waals surface area contributed by atoms with Gasteiger partial charge < -0.3 is 15.0 Å². The highest BCUT2D eigenvalue weighted by Crippen LogP contribution is 2.07. The van der Waals surface area contributed by atoms with Gasteiger partial charge in [-0.2, -0.15) is 0 Å². The Labute approximate surface area is 146 Å². The standard InChI is InChI=1S/C18H24N4O3/c1-13(22-8-10-25-11-9-22)12-19-17(23)7-6-16-20-15-5-3-2-4-14(15)18(24)21-16/h2-5,13H,6-12H2,1H3,(H,19,23)(H,20,21,24). The number of hydrogen-bond donors (Lipinski definition) is 2. The van der Waals surface area contributed by atoms with Crippen LogP contribution in [0.1, 0.15) is 19.2 Å². The van der Waals surface area contributed by atoms with Crippen molar-refractivity contribution >= 4 is 16.8 Å². The summed E-state index contributed by atoms with van der Waals surface area (Å²) in [6, 6.07) is 7.48. The van der Waals surface area contributed by atoms with Crippen molar-refractivity contribution in [2.45, 2.75) is 25.8 Å². The molecule has 2 heterocycles. The topological polar surface area (TPSA) is 87.3 Å². The van der Waals surface area contributed by atoms with Crippen molar-refractivity contribution in [3.05, 3.63) is 40.4 Å². The van der Waals surface area contributed by atoms with Gasteiger partial charge in [-0.3, -0.25) is 14.5 Å². The smallest absolute Gasteiger partial charge is 0.258 e. The van der Waals surface area contributed by atoms with Crippen LogP contribution in [-0.4, -0.2) is 59.7 Å². The quantitative estimate of drug-likeness (QED) is 0.805. The molecule has 1 aromatic heterocycles. The number of para-hydroxylation sites is 1. The van der Waals surface area contributed by atoms with Gasteiger partial charge in [0.2, 0.25) is 5.91 Å². The lowest BCUT2D eigenvalue weighted by atomic mass is 10.2. The van der Waals surface area contributed by atoms with E-state index in [0.717, 1.165) is 26.3 Å². The normalized spacial score (nSPS) is 16.7. The number of amides is 1. The predicted molar refractivity (Wildman–Crippen MR) is 95.5 cm³/mol. The highest BCUT2D eigenvalue weighted by atomic mass is 16.5. The van der Waals surface area contributed by atoms with E-state index in [0.29, 0.717) is 36.1 Å². The molecule has 0 radical (unpaired) electrons. The van der Waals surface area contributed by atoms with E-state index in [1.807, 2.05) is 12.1 Å². The fourth-order valence-electron chi connectivity index (χ4n) is 2.98. The van der Waals surface area contributed by atoms with Crippen molar-refractivity contribution in [3.8, 4) is 0 Å². The van der Waals surface area contributed by atoms with Gasteiger partial charge in [0.15, 0.2) is 0 Å². The van der Waals surface area contributed by atoms with Gasteiger partial charge in [-0.1, -0.05) is 12.1 Å². The lowest BCUT2D eigenvalue weighted by Crippen LogP contribution is -2.47. The van der Waals surface area contributed by atoms with Crippen LogP contribution in [0.15, 0.2) is 29.1 Å². The van der Waals surface area contributed by atoms with Crippen molar-refractivity contribution in [1.29, 1.82) is 0 Å². The first-order valence-electron chi connectivity index (χ1n) is 8.70. The molecule has 0 bridgehead atoms. The molecular formula is C18H24N4O3. The third-order valence-electron chi connectivity index (χ3n) is 4.51. The number of carbonyl (C=O) groups is 1. The van der Waals surface area contributed by atoms with Gasteiger partial charge in [-0.25, -0.2) is 4.98 Å². The average molecular weight is 344 g/mol. The van der Waals surface area contributed by atoms with Gasteiger partial charge in [-0.15, -0.1) is 0 Å². The fraction of sp³-hybridized carbons (Fsp3) is 0.500. The Morgan fingerprint density at radius 2 is 2.12 bits per heavy atom. The van der Waals surface area contributed by atoms with E-state index in [2.05, 4.69) is 27.1 Å². The molecule has 1 saturated heterocycles. The Hall–Kier alpha value is -2.25. The molecule has 1 aromatic carbocycles. The lowest BCUT2D eigenvalue weighted by Gasteiger charge is -2.32. The Balaban J connectivity index is 1.49. The summed E-state index contributed by atoms with van der Waals surface area (Å²) < 4.78 is 5.34. The first kappa shape index (κ1) is 17.6. The second-order valence-electron chi connectivity index (χ2n) is 6.33. The van der Waals surface area contributed by atoms with Crippen molar-refractivity contribution < 1.29 is 9.53 Å². The summed E-state index contributed by atoms with van der Waals surface area (Å²) in [6.07, 6.45) is 0.717. The summed E-state index contributed by atoms with van der Waals surface area (Å²) >= 11 is 0. The second-order valence-corrected chi connectivity index (χ2v) is 6.33. The first-order chi connectivity index (χ1) is 12.1. The average Bonchev–Trinajstić information content (AvgIpc) is 2.65. The number of rotatable bonds is 6. The number of nitrogens with one attached hydrogen (secondary N) is 2. The van der Waals surface area contributed by atoms with Crippen LogP contribution in [0.3, 0.4) is 0 Å². The van der Waals surface area contributed by atoms with E-state index in [1.54, 1.807) is 12.1 Å². The molecule has 1 aliphatic heterocycles. The van der Waals surface area contributed by atoms with Crippen LogP contribution >= 0.6 is 0 Å². The number of H-pyrrole nitrogens is 1. The number of benzene rings is 1. The van der Waals surface area contributed by atoms with Crippen LogP contribution in [-0.2, 0) is 16.0 Å². The zero-order chi connectivity index (χ0) is 17.6. The van der Waals surface area contributed by atoms with Gasteiger partial charge in [0, 0.05) is 38.5 Å². The molecular weight excluding hydrogens is 320 g/mol. The molecule has 25 heavy (non-hydrogen) atoms. The number of morpholine rings is 1. The molecule has 134 valence electrons. The first-order valence-corrected chi connectivity index (χ1v) is 8.70. The van der Waals surface area contributed by atoms with Gasteiger partial charge >= 0.3 is 0 Å². The Morgan fingerprint density at radius 3 is 2.92 bits per heavy atom. The molecule has 2 N–H and O–H groups in total. The Kier molecular flexibility index (Phi) is 5.78. The molecule has 0 aliphatic carbocycles. The zero-order valence-corrected chi connectivity index (χ0v) is 14.5. The molecule has 2 aromatic rings. The number of fused-ring (bicyclic) bond motifs is 1. The summed E-state index contributed by atoms with van der Waals surface area (Å²) in [5.74, 6) is 0.510. The third kappa shape index (κ3) is 4.64. The van der Waals surface area contributed by atoms with Crippen molar-refractivity contribution in [2.24, 2.45) is 0 Å². The molecule has 3 rings (SSSR count). The number of carbonyl (C=O) groups excluding carboxylic acids is 1. The minimum atomic E-state index is -0.165. The highest BCUT2D eigenvalue weighted by Gasteiger charge is 2.17. The summed E-state index contributed by atoms with van der Waals surface area (Å²) in [7, 11) is 0. The third-order valence-corrected chi connectivity index (χ3v) is 4.51. The number of aromatic amines is 1. The van der Waals surface area contributed by atoms with E-state index in [9.17, 15) is 9.59 Å². The molecule has 1 unspecified atom stereocenters. The Morgan fingerprint density at radius 1 is 1.36 bits per heavy atom. The SMILES string of the molecule is CC(CNC(=O)CCc1nc2ccccc2c(=O)[nH]1)N1CCOCC1. The number of nitrogens with zero attached hydrogens (tertiary/aromatic N) is 2. The minimum absolute atomic E-state index is 0.0316. The van der Waals surface area contributed by atoms with E-state index in [-0.39, 0.29) is 17.5 Å². The maximum absolute atomic E-state index is 12.1. The van der Waals surface area contributed by atoms with Gasteiger partial charge in [0.05, 0.1) is 24.1 Å². The van der Waals surface area contributed by atoms with Crippen LogP contribution in [0.2, 0.25) is 0 Å². The monoisotopic (exact) mass is 344 g/mol. The van der Waals surface area contributed by atoms with Gasteiger partial charge in [0.25, 0.3) is 5.56 Å². The largest absolute Gasteiger partial charge is 0.379 e. The van der Waals surface area contributed by atoms with Crippen LogP contribution in [0, 0.1) is 0 Å². The highest BCUT2D eigenvalue weighted by molar-refractivity contribution is 5.78. The minimum Gasteiger partial charge on any atom is -0.379 e. The molecule has 7 nitrogen and oxygen atoms in total. The number of hydrogen-bond acceptors (Lipinski definition) is 5. The molecule has 0 saturated carbocycles. The van der Waals surface area contributed by atoms with Crippen LogP contribution in [0.4, 0.5) is 0 Å². The van der Waals surface area contributed by atoms with Crippen molar-refractivity contribution in [2.75, 3.05) is 32.8 Å². The number of ether oxygens (including phenoxy) is 1. The van der Waals surface area contributed by atoms with Gasteiger partial charge in [0.1, 0.15) is 5.82 Å². The van der Waals surface area contributed by atoms with Crippen LogP contribution in [0.5, 0.6) is 0 Å². The van der Waals surface area contributed by atoms with E-state index < -0.39 is 0 Å². The summed E-state index contributed by atoms with van der Waals surface area (Å²) in [6.45, 7) is 6.02. The maximum atomic E-state index is 12.1. The summed E-state index contributed by atoms with van der Waals surface area (Å²) in [5.41, 5.74) is 0.490. The van der Waals surface area contributed by atoms with Gasteiger partial charge in [-0.05, 0) is 19.1 Å². The lowest BCUT2D eigenvalue weighted by molar-refractivity contribution is -0.121. The van der Waals surface area contributed by atoms with Crippen LogP contribution in [0.25, 0.3) is 10.9 Å². The molecule has 7 heteroatoms. The number of aryl methyl sites for hydroxylation is 1. The van der Waals surface area contributed by atoms with E-state index in [1.165, 1.54) is 0 Å². The van der Waals surface area contributed by atoms with E-state index in [4.69, 9.17) is 4.74 Å². The summed E-state index contributed by atoms with van der Waals surface area (Å²) in [4.78, 5) is 33.6. The molecule has 1 amide bonds. The Bertz CT molecular complexity index is 783. The molecule has 1 aliphatic rings. The second kappa shape index (κ2) is 8.22. The molecule has 1 fully saturated rings. The summed E-state index contributed by atoms with van der Waals surface area (Å²) in [5, 5.41) is 3.53. The van der Waals surface area contributed by atoms with E-state index >= 15 is 0 Å². The molecule has 1 atom stereocenters. The zero-order valence-electron chi connectivity index (χ0n) is 14.5. The fourth-order valence-corrected chi connectivity index (χ4v) is 2.98. The van der Waals surface area contributed by atoms with Crippen LogP contribution < -0.4 is 10.9 Å². The maximum Gasteiger partial charge on any atom is 0.258 e. The van der Waals surface area contributed by atoms with Crippen molar-refractivity contribution in [1.82, 2.24) is 20.2 Å². The molecule has 0 spiro atoms. The van der Waals surface area contributed by atoms with Crippen molar-refractivity contribution in [3.63, 3.8) is 0 Å².